The summed E-state index contributed by atoms with van der Waals surface area (Å²) in [6.45, 7) is 19.1. The highest BCUT2D eigenvalue weighted by molar-refractivity contribution is 6.00. The third-order valence-corrected chi connectivity index (χ3v) is 38.2. The molecule has 0 aromatic heterocycles. The highest BCUT2D eigenvalue weighted by Crippen LogP contribution is 2.73. The second-order valence-electron chi connectivity index (χ2n) is 42.9. The number of methoxy groups -OCH3 is 3. The Bertz CT molecular complexity index is 3460. The monoisotopic (exact) mass is 1650 g/mol. The van der Waals surface area contributed by atoms with E-state index < -0.39 is 5.79 Å². The molecule has 16 saturated carbocycles. The second-order valence-corrected chi connectivity index (χ2v) is 42.9. The summed E-state index contributed by atoms with van der Waals surface area (Å²) in [4.78, 5) is 62.3. The van der Waals surface area contributed by atoms with Crippen LogP contribution in [0.5, 0.6) is 0 Å². The van der Waals surface area contributed by atoms with Gasteiger partial charge in [0.05, 0.1) is 70.3 Å². The lowest BCUT2D eigenvalue weighted by atomic mass is 9.47. The quantitative estimate of drug-likeness (QED) is 0.124. The van der Waals surface area contributed by atoms with E-state index in [1.165, 1.54) is 140 Å². The lowest BCUT2D eigenvalue weighted by Gasteiger charge is -2.62. The Balaban J connectivity index is 0.000000111. The van der Waals surface area contributed by atoms with Crippen LogP contribution in [0.2, 0.25) is 0 Å². The van der Waals surface area contributed by atoms with Gasteiger partial charge in [0.15, 0.2) is 28.9 Å². The standard InChI is InChI=1S/C18H26O4.C17H28O3.C17H26O3.2C17H28O3.C13H20O3/c1-16-8-9-18(21-10-11-22-18)17(6-2-3-7-17)14(16)5-4-13(12-19)15(16)20;2*1-15-9-10-17(19-11-12-20-17)16(7-2-3-8-16)13(15)5-4-6-14(15)18;2*1-16-11-8-14(18)17(9-3-4-10-17)13(16)6-5-7-15(16)20-12-19-2;1-13-7-6-11(14)8-10(13)4-3-5-12(13)16-9-15-2/h12,14,19H,2-11H2,1H3;13-14,18H,2-12H2,1H3;13H,2-12H2,1H3;2*13,15H,3-12H2,1-2H3;8,12H,3-7,9H2,1-2H3/b13-12+;;;;;/t14-,16+;13-,14+,15+;13-,15+;13?,15-,16-;13-,15+,16+;12-,13-/m111010/s1. The van der Waals surface area contributed by atoms with Gasteiger partial charge in [0, 0.05) is 115 Å². The Labute approximate surface area is 708 Å². The summed E-state index contributed by atoms with van der Waals surface area (Å²) < 4.78 is 70.3. The summed E-state index contributed by atoms with van der Waals surface area (Å²) in [6, 6.07) is 0. The van der Waals surface area contributed by atoms with E-state index in [0.717, 1.165) is 200 Å². The predicted molar refractivity (Wildman–Crippen MR) is 448 cm³/mol. The molecule has 0 aromatic rings. The summed E-state index contributed by atoms with van der Waals surface area (Å²) >= 11 is 0. The molecule has 0 bridgehead atoms. The molecule has 8 spiro atoms. The highest BCUT2D eigenvalue weighted by Gasteiger charge is 2.73. The zero-order chi connectivity index (χ0) is 83.1. The molecule has 20 aliphatic rings. The lowest BCUT2D eigenvalue weighted by molar-refractivity contribution is -0.307. The third-order valence-electron chi connectivity index (χ3n) is 38.2. The first-order valence-electron chi connectivity index (χ1n) is 48.3. The van der Waals surface area contributed by atoms with Gasteiger partial charge in [-0.2, -0.15) is 0 Å². The summed E-state index contributed by atoms with van der Waals surface area (Å²) in [5.41, 5.74) is 2.22. The Morgan fingerprint density at radius 3 is 1.20 bits per heavy atom. The Morgan fingerprint density at radius 2 is 0.737 bits per heavy atom. The molecule has 20 rings (SSSR count). The number of rotatable bonds is 9. The van der Waals surface area contributed by atoms with Crippen LogP contribution in [-0.2, 0) is 80.8 Å². The average Bonchev–Trinajstić information content (AvgIpc) is 1.42. The minimum Gasteiger partial charge on any atom is -0.515 e. The molecule has 0 amide bonds. The van der Waals surface area contributed by atoms with Crippen LogP contribution in [0.15, 0.2) is 23.5 Å². The van der Waals surface area contributed by atoms with Crippen molar-refractivity contribution in [2.75, 3.05) is 81.3 Å². The van der Waals surface area contributed by atoms with Crippen molar-refractivity contribution in [3.8, 4) is 0 Å². The summed E-state index contributed by atoms with van der Waals surface area (Å²) in [5, 5.41) is 20.1. The van der Waals surface area contributed by atoms with E-state index in [2.05, 4.69) is 41.5 Å². The van der Waals surface area contributed by atoms with Crippen LogP contribution in [-0.4, -0.2) is 162 Å². The molecule has 666 valence electrons. The summed E-state index contributed by atoms with van der Waals surface area (Å²) in [5.74, 6) is 3.38. The fourth-order valence-electron chi connectivity index (χ4n) is 32.3. The van der Waals surface area contributed by atoms with Gasteiger partial charge in [-0.1, -0.05) is 131 Å². The normalized spacial score (nSPS) is 40.9. The lowest BCUT2D eigenvalue weighted by Crippen LogP contribution is -2.63. The van der Waals surface area contributed by atoms with E-state index in [0.29, 0.717) is 98.9 Å². The van der Waals surface area contributed by atoms with Crippen molar-refractivity contribution >= 4 is 28.9 Å². The SMILES string of the molecule is COCO[C@H]1CCCC2=CC(=O)CC[C@@]21C.COCO[C@H]1CCCC2C3(CCCC3)C(=O)CC[C@@]21C.COCO[C@H]1CCC[C@H]2C3(CCCC3)C(=O)CC[C@]12C.C[C@]12CCC3(OCCO3)C3(CCCC3)[C@@H]1CC/C(=C\O)C2=O.C[C@]12CCC3(OCCO3)C3(CCCC3)[C@@H]1CCCC2=O.C[C@]12CCC3(OCCO3)C3(CCCC3)[C@@H]1CCC[C@@H]2O. The van der Waals surface area contributed by atoms with Gasteiger partial charge in [0.25, 0.3) is 0 Å². The van der Waals surface area contributed by atoms with Gasteiger partial charge in [-0.3, -0.25) is 24.0 Å². The molecule has 0 radical (unpaired) electrons. The second kappa shape index (κ2) is 36.1. The van der Waals surface area contributed by atoms with E-state index in [9.17, 15) is 34.2 Å². The molecule has 2 N–H and O–H groups in total. The first-order valence-corrected chi connectivity index (χ1v) is 48.3. The zero-order valence-electron chi connectivity index (χ0n) is 74.7. The number of carbonyl (C=O) groups excluding carboxylic acids is 5. The minimum atomic E-state index is -0.450. The number of ketones is 5. The van der Waals surface area contributed by atoms with E-state index in [1.807, 2.05) is 6.08 Å². The van der Waals surface area contributed by atoms with Gasteiger partial charge < -0.3 is 67.1 Å². The van der Waals surface area contributed by atoms with E-state index in [1.54, 1.807) is 21.3 Å². The van der Waals surface area contributed by atoms with Crippen LogP contribution in [0, 0.1) is 89.2 Å². The number of hydrogen-bond donors (Lipinski definition) is 2. The van der Waals surface area contributed by atoms with Gasteiger partial charge in [0.1, 0.15) is 37.7 Å². The molecule has 1 unspecified atom stereocenters. The number of carbonyl (C=O) groups is 5. The Kier molecular flexibility index (Phi) is 27.5. The minimum absolute atomic E-state index is 0.00209. The van der Waals surface area contributed by atoms with Crippen LogP contribution in [0.25, 0.3) is 0 Å². The van der Waals surface area contributed by atoms with E-state index in [4.69, 9.17) is 56.8 Å². The summed E-state index contributed by atoms with van der Waals surface area (Å²) in [7, 11) is 5.02. The number of hydrogen-bond acceptors (Lipinski definition) is 19. The average molecular weight is 1650 g/mol. The largest absolute Gasteiger partial charge is 0.515 e. The van der Waals surface area contributed by atoms with Crippen molar-refractivity contribution in [2.45, 2.75) is 398 Å². The molecule has 19 fully saturated rings. The number of aliphatic hydroxyl groups is 2. The molecule has 17 aliphatic carbocycles. The van der Waals surface area contributed by atoms with Crippen LogP contribution < -0.4 is 0 Å². The van der Waals surface area contributed by atoms with Crippen LogP contribution in [0.1, 0.15) is 356 Å². The predicted octanol–water partition coefficient (Wildman–Crippen LogP) is 20.1. The van der Waals surface area contributed by atoms with Crippen molar-refractivity contribution in [3.63, 3.8) is 0 Å². The molecule has 19 nitrogen and oxygen atoms in total. The zero-order valence-corrected chi connectivity index (χ0v) is 74.7. The number of aliphatic hydroxyl groups excluding tert-OH is 2. The molecule has 15 atom stereocenters. The van der Waals surface area contributed by atoms with Crippen molar-refractivity contribution in [2.24, 2.45) is 89.2 Å². The fraction of sp³-hybridized carbons (Fsp3) is 0.909. The van der Waals surface area contributed by atoms with Crippen molar-refractivity contribution < 1.29 is 91.0 Å². The van der Waals surface area contributed by atoms with Crippen molar-refractivity contribution in [3.05, 3.63) is 23.5 Å². The molecule has 19 heteroatoms. The Morgan fingerprint density at radius 1 is 0.347 bits per heavy atom. The van der Waals surface area contributed by atoms with Crippen molar-refractivity contribution in [1.82, 2.24) is 0 Å². The van der Waals surface area contributed by atoms with Gasteiger partial charge in [-0.15, -0.1) is 0 Å². The van der Waals surface area contributed by atoms with Gasteiger partial charge in [-0.25, -0.2) is 0 Å². The van der Waals surface area contributed by atoms with Gasteiger partial charge in [-0.05, 0) is 238 Å². The molecule has 0 aromatic carbocycles. The fourth-order valence-corrected chi connectivity index (χ4v) is 32.3. The van der Waals surface area contributed by atoms with Crippen LogP contribution in [0.4, 0.5) is 0 Å². The summed E-state index contributed by atoms with van der Waals surface area (Å²) in [6.07, 6.45) is 56.7. The third kappa shape index (κ3) is 15.2. The number of Topliss-reactive ketones (excluding diaryl/α,β-unsaturated/α-hetero) is 4. The van der Waals surface area contributed by atoms with Gasteiger partial charge >= 0.3 is 0 Å². The first kappa shape index (κ1) is 89.9. The van der Waals surface area contributed by atoms with Crippen molar-refractivity contribution in [1.29, 1.82) is 0 Å². The molecular weight excluding hydrogens is 1490 g/mol. The highest BCUT2D eigenvalue weighted by atomic mass is 16.8. The van der Waals surface area contributed by atoms with Crippen LogP contribution in [0.3, 0.4) is 0 Å². The molecule has 3 aliphatic heterocycles. The Hall–Kier alpha value is -2.89. The number of allylic oxidation sites excluding steroid dienone is 2. The maximum Gasteiger partial charge on any atom is 0.174 e. The van der Waals surface area contributed by atoms with Crippen LogP contribution >= 0.6 is 0 Å². The molecule has 3 heterocycles. The molecular formula is C99H156O19. The maximum absolute atomic E-state index is 12.9. The topological polar surface area (TPSA) is 237 Å². The van der Waals surface area contributed by atoms with E-state index >= 15 is 0 Å². The molecule has 118 heavy (non-hydrogen) atoms. The van der Waals surface area contributed by atoms with Gasteiger partial charge in [0.2, 0.25) is 0 Å². The number of fused-ring (bicyclic) bond motifs is 14. The first-order chi connectivity index (χ1) is 56.8. The van der Waals surface area contributed by atoms with E-state index in [-0.39, 0.29) is 107 Å². The molecule has 3 saturated heterocycles. The number of ether oxygens (including phenoxy) is 12. The smallest absolute Gasteiger partial charge is 0.174 e. The maximum atomic E-state index is 12.9.